The maximum absolute atomic E-state index is 5.36. The van der Waals surface area contributed by atoms with Crippen molar-refractivity contribution in [2.24, 2.45) is 4.99 Å². The minimum Gasteiger partial charge on any atom is -0.257 e. The quantitative estimate of drug-likeness (QED) is 0.253. The summed E-state index contributed by atoms with van der Waals surface area (Å²) in [5.41, 5.74) is 7.26. The number of hydrogen-bond acceptors (Lipinski definition) is 2. The Kier molecular flexibility index (Phi) is 5.82. The van der Waals surface area contributed by atoms with Crippen LogP contribution in [0.25, 0.3) is 0 Å². The molecule has 0 saturated carbocycles. The highest BCUT2D eigenvalue weighted by molar-refractivity contribution is 6.19. The molecule has 3 heteroatoms. The van der Waals surface area contributed by atoms with Gasteiger partial charge in [0.2, 0.25) is 0 Å². The zero-order valence-corrected chi connectivity index (χ0v) is 21.1. The van der Waals surface area contributed by atoms with E-state index < -0.39 is 5.54 Å². The Hall–Kier alpha value is -4.63. The van der Waals surface area contributed by atoms with Gasteiger partial charge in [0.05, 0.1) is 17.1 Å². The highest BCUT2D eigenvalue weighted by Gasteiger charge is 2.60. The zero-order chi connectivity index (χ0) is 25.2. The van der Waals surface area contributed by atoms with Gasteiger partial charge in [-0.05, 0) is 61.4 Å². The fourth-order valence-electron chi connectivity index (χ4n) is 5.15. The normalized spacial score (nSPS) is 15.5. The van der Waals surface area contributed by atoms with E-state index in [1.54, 1.807) is 0 Å². The maximum Gasteiger partial charge on any atom is 0.171 e. The van der Waals surface area contributed by atoms with Crippen LogP contribution >= 0.6 is 0 Å². The van der Waals surface area contributed by atoms with Gasteiger partial charge in [0.1, 0.15) is 0 Å². The van der Waals surface area contributed by atoms with Crippen LogP contribution in [-0.4, -0.2) is 5.84 Å². The van der Waals surface area contributed by atoms with E-state index in [1.807, 2.05) is 0 Å². The molecule has 180 valence electrons. The van der Waals surface area contributed by atoms with Crippen molar-refractivity contribution in [3.63, 3.8) is 0 Å². The van der Waals surface area contributed by atoms with Crippen LogP contribution in [0.3, 0.4) is 0 Å². The number of benzene rings is 5. The van der Waals surface area contributed by atoms with Gasteiger partial charge in [-0.25, -0.2) is 10.0 Å². The third-order valence-electron chi connectivity index (χ3n) is 6.97. The van der Waals surface area contributed by atoms with Gasteiger partial charge in [-0.3, -0.25) is 5.01 Å². The molecule has 6 rings (SSSR count). The number of anilines is 2. The largest absolute Gasteiger partial charge is 0.257 e. The van der Waals surface area contributed by atoms with Crippen molar-refractivity contribution in [1.82, 2.24) is 0 Å². The maximum atomic E-state index is 5.36. The van der Waals surface area contributed by atoms with Crippen molar-refractivity contribution in [3.05, 3.63) is 162 Å². The number of hydrazine groups is 1. The number of para-hydroxylation sites is 1. The SMILES string of the molecule is Cc1ccc(N=C2N(c3ccccc3)N(c3ccc(C)cc3)C2(c2ccccc2)c2ccccc2)cc1. The van der Waals surface area contributed by atoms with Gasteiger partial charge in [0, 0.05) is 0 Å². The summed E-state index contributed by atoms with van der Waals surface area (Å²) in [5, 5.41) is 4.64. The van der Waals surface area contributed by atoms with E-state index in [0.717, 1.165) is 22.9 Å². The summed E-state index contributed by atoms with van der Waals surface area (Å²) in [6.07, 6.45) is 0. The van der Waals surface area contributed by atoms with Crippen LogP contribution in [0, 0.1) is 13.8 Å². The summed E-state index contributed by atoms with van der Waals surface area (Å²) in [6, 6.07) is 49.1. The second-order valence-corrected chi connectivity index (χ2v) is 9.51. The van der Waals surface area contributed by atoms with Crippen molar-refractivity contribution >= 4 is 22.9 Å². The molecule has 1 saturated heterocycles. The van der Waals surface area contributed by atoms with E-state index in [9.17, 15) is 0 Å². The molecule has 0 bridgehead atoms. The Bertz CT molecular complexity index is 1470. The number of amidine groups is 1. The molecule has 0 amide bonds. The minimum atomic E-state index is -0.626. The summed E-state index contributed by atoms with van der Waals surface area (Å²) >= 11 is 0. The smallest absolute Gasteiger partial charge is 0.171 e. The molecular formula is C34H29N3. The predicted octanol–water partition coefficient (Wildman–Crippen LogP) is 8.22. The molecule has 5 aromatic rings. The van der Waals surface area contributed by atoms with Crippen LogP contribution in [0.5, 0.6) is 0 Å². The van der Waals surface area contributed by atoms with Crippen molar-refractivity contribution in [3.8, 4) is 0 Å². The lowest BCUT2D eigenvalue weighted by Crippen LogP contribution is -2.77. The molecule has 0 unspecified atom stereocenters. The molecular weight excluding hydrogens is 450 g/mol. The number of rotatable bonds is 5. The fourth-order valence-corrected chi connectivity index (χ4v) is 5.15. The zero-order valence-electron chi connectivity index (χ0n) is 21.1. The lowest BCUT2D eigenvalue weighted by atomic mass is 9.76. The molecule has 1 fully saturated rings. The number of aryl methyl sites for hydroxylation is 2. The summed E-state index contributed by atoms with van der Waals surface area (Å²) < 4.78 is 0. The van der Waals surface area contributed by atoms with Gasteiger partial charge >= 0.3 is 0 Å². The average Bonchev–Trinajstić information content (AvgIpc) is 2.95. The van der Waals surface area contributed by atoms with Gasteiger partial charge in [-0.1, -0.05) is 114 Å². The Balaban J connectivity index is 1.69. The predicted molar refractivity (Wildman–Crippen MR) is 155 cm³/mol. The third kappa shape index (κ3) is 3.89. The average molecular weight is 480 g/mol. The summed E-state index contributed by atoms with van der Waals surface area (Å²) in [5.74, 6) is 0.959. The number of nitrogens with zero attached hydrogens (tertiary/aromatic N) is 3. The second kappa shape index (κ2) is 9.44. The topological polar surface area (TPSA) is 18.8 Å². The van der Waals surface area contributed by atoms with Crippen molar-refractivity contribution in [2.45, 2.75) is 19.4 Å². The fraction of sp³-hybridized carbons (Fsp3) is 0.0882. The van der Waals surface area contributed by atoms with Crippen molar-refractivity contribution < 1.29 is 0 Å². The molecule has 0 atom stereocenters. The van der Waals surface area contributed by atoms with Gasteiger partial charge in [0.15, 0.2) is 11.4 Å². The van der Waals surface area contributed by atoms with Crippen molar-refractivity contribution in [2.75, 3.05) is 10.0 Å². The monoisotopic (exact) mass is 479 g/mol. The van der Waals surface area contributed by atoms with Crippen LogP contribution in [0.2, 0.25) is 0 Å². The first-order chi connectivity index (χ1) is 18.2. The second-order valence-electron chi connectivity index (χ2n) is 9.51. The van der Waals surface area contributed by atoms with Gasteiger partial charge < -0.3 is 0 Å². The Morgan fingerprint density at radius 2 is 0.946 bits per heavy atom. The van der Waals surface area contributed by atoms with Gasteiger partial charge in [-0.2, -0.15) is 0 Å². The third-order valence-corrected chi connectivity index (χ3v) is 6.97. The highest BCUT2D eigenvalue weighted by atomic mass is 15.8. The summed E-state index contributed by atoms with van der Waals surface area (Å²) in [7, 11) is 0. The standard InChI is InChI=1S/C34H29N3/c1-26-18-22-30(23-19-26)35-33-34(28-12-6-3-7-13-28,29-14-8-4-9-15-29)37(32-24-20-27(2)21-25-32)36(33)31-16-10-5-11-17-31/h3-25H,1-2H3. The van der Waals surface area contributed by atoms with E-state index in [0.29, 0.717) is 0 Å². The molecule has 3 nitrogen and oxygen atoms in total. The van der Waals surface area contributed by atoms with Gasteiger partial charge in [0.25, 0.3) is 0 Å². The summed E-state index contributed by atoms with van der Waals surface area (Å²) in [4.78, 5) is 5.36. The molecule has 1 aliphatic rings. The lowest BCUT2D eigenvalue weighted by Gasteiger charge is -2.62. The van der Waals surface area contributed by atoms with E-state index in [2.05, 4.69) is 163 Å². The van der Waals surface area contributed by atoms with E-state index >= 15 is 0 Å². The molecule has 0 aliphatic carbocycles. The van der Waals surface area contributed by atoms with E-state index in [4.69, 9.17) is 4.99 Å². The van der Waals surface area contributed by atoms with Crippen LogP contribution in [-0.2, 0) is 5.54 Å². The minimum absolute atomic E-state index is 0.626. The molecule has 1 heterocycles. The Labute approximate surface area is 218 Å². The first-order valence-corrected chi connectivity index (χ1v) is 12.7. The number of aliphatic imine (C=N–C) groups is 1. The van der Waals surface area contributed by atoms with E-state index in [-0.39, 0.29) is 0 Å². The van der Waals surface area contributed by atoms with Crippen LogP contribution in [0.15, 0.2) is 145 Å². The Morgan fingerprint density at radius 1 is 0.486 bits per heavy atom. The molecule has 0 N–H and O–H groups in total. The molecule has 0 radical (unpaired) electrons. The van der Waals surface area contributed by atoms with E-state index in [1.165, 1.54) is 22.3 Å². The van der Waals surface area contributed by atoms with Crippen molar-refractivity contribution in [1.29, 1.82) is 0 Å². The summed E-state index contributed by atoms with van der Waals surface area (Å²) in [6.45, 7) is 4.23. The Morgan fingerprint density at radius 3 is 1.46 bits per heavy atom. The molecule has 37 heavy (non-hydrogen) atoms. The molecule has 0 aromatic heterocycles. The van der Waals surface area contributed by atoms with Crippen LogP contribution in [0.1, 0.15) is 22.3 Å². The van der Waals surface area contributed by atoms with Gasteiger partial charge in [-0.15, -0.1) is 0 Å². The first-order valence-electron chi connectivity index (χ1n) is 12.7. The lowest BCUT2D eigenvalue weighted by molar-refractivity contribution is 0.535. The van der Waals surface area contributed by atoms with Crippen LogP contribution in [0.4, 0.5) is 17.1 Å². The molecule has 5 aromatic carbocycles. The van der Waals surface area contributed by atoms with Crippen LogP contribution < -0.4 is 10.0 Å². The first kappa shape index (κ1) is 22.8. The number of hydrogen-bond donors (Lipinski definition) is 0. The highest BCUT2D eigenvalue weighted by Crippen LogP contribution is 2.52. The molecule has 1 aliphatic heterocycles. The molecule has 0 spiro atoms.